The number of rotatable bonds is 3. The number of halogens is 3. The summed E-state index contributed by atoms with van der Waals surface area (Å²) >= 11 is 0. The molecule has 0 saturated heterocycles. The van der Waals surface area contributed by atoms with Crippen LogP contribution in [0.1, 0.15) is 17.7 Å². The monoisotopic (exact) mass is 206 g/mol. The predicted molar refractivity (Wildman–Crippen MR) is 40.7 cm³/mol. The average molecular weight is 206 g/mol. The molecule has 1 rings (SSSR count). The van der Waals surface area contributed by atoms with Gasteiger partial charge in [-0.1, -0.05) is 0 Å². The number of aromatic nitrogens is 1. The van der Waals surface area contributed by atoms with Crippen LogP contribution in [0.5, 0.6) is 0 Å². The first-order valence-corrected chi connectivity index (χ1v) is 3.53. The van der Waals surface area contributed by atoms with Crippen LogP contribution < -0.4 is 0 Å². The van der Waals surface area contributed by atoms with Crippen molar-refractivity contribution in [1.29, 1.82) is 0 Å². The van der Waals surface area contributed by atoms with Crippen molar-refractivity contribution in [3.8, 4) is 0 Å². The molecule has 7 heteroatoms. The zero-order chi connectivity index (χ0) is 10.7. The lowest BCUT2D eigenvalue weighted by Crippen LogP contribution is -1.98. The molecule has 4 nitrogen and oxygen atoms in total. The van der Waals surface area contributed by atoms with Crippen LogP contribution in [0.2, 0.25) is 0 Å². The molecule has 0 amide bonds. The molecule has 0 aliphatic carbocycles. The molecule has 76 valence electrons. The van der Waals surface area contributed by atoms with Gasteiger partial charge in [-0.25, -0.2) is 13.2 Å². The first-order valence-electron chi connectivity index (χ1n) is 3.53. The Morgan fingerprint density at radius 3 is 2.64 bits per heavy atom. The van der Waals surface area contributed by atoms with Crippen LogP contribution >= 0.6 is 0 Å². The molecule has 0 saturated carbocycles. The van der Waals surface area contributed by atoms with E-state index < -0.39 is 29.4 Å². The van der Waals surface area contributed by atoms with Crippen molar-refractivity contribution in [3.05, 3.63) is 33.6 Å². The fourth-order valence-electron chi connectivity index (χ4n) is 0.881. The van der Waals surface area contributed by atoms with E-state index in [-0.39, 0.29) is 5.56 Å². The van der Waals surface area contributed by atoms with Gasteiger partial charge in [-0.15, -0.1) is 0 Å². The molecule has 0 fully saturated rings. The summed E-state index contributed by atoms with van der Waals surface area (Å²) in [4.78, 5) is 12.6. The van der Waals surface area contributed by atoms with Gasteiger partial charge < -0.3 is 0 Å². The first kappa shape index (κ1) is 10.4. The molecule has 0 aliphatic heterocycles. The van der Waals surface area contributed by atoms with E-state index in [4.69, 9.17) is 0 Å². The lowest BCUT2D eigenvalue weighted by molar-refractivity contribution is -0.385. The molecule has 0 N–H and O–H groups in total. The van der Waals surface area contributed by atoms with Gasteiger partial charge in [-0.2, -0.15) is 0 Å². The van der Waals surface area contributed by atoms with Crippen molar-refractivity contribution in [2.75, 3.05) is 0 Å². The summed E-state index contributed by atoms with van der Waals surface area (Å²) in [5.41, 5.74) is -1.70. The van der Waals surface area contributed by atoms with Crippen molar-refractivity contribution in [2.24, 2.45) is 0 Å². The number of alkyl halides is 3. The zero-order valence-corrected chi connectivity index (χ0v) is 6.78. The average Bonchev–Trinajstić information content (AvgIpc) is 2.16. The quantitative estimate of drug-likeness (QED) is 0.563. The molecule has 1 heterocycles. The third-order valence-electron chi connectivity index (χ3n) is 1.55. The lowest BCUT2D eigenvalue weighted by atomic mass is 10.2. The zero-order valence-electron chi connectivity index (χ0n) is 6.78. The highest BCUT2D eigenvalue weighted by Gasteiger charge is 2.19. The van der Waals surface area contributed by atoms with E-state index in [1.165, 1.54) is 0 Å². The van der Waals surface area contributed by atoms with E-state index in [9.17, 15) is 23.3 Å². The first-order chi connectivity index (χ1) is 6.56. The van der Waals surface area contributed by atoms with Crippen LogP contribution in [0.15, 0.2) is 12.3 Å². The Balaban J connectivity index is 3.21. The summed E-state index contributed by atoms with van der Waals surface area (Å²) in [5.74, 6) is 0. The smallest absolute Gasteiger partial charge is 0.258 e. The largest absolute Gasteiger partial charge is 0.280 e. The summed E-state index contributed by atoms with van der Waals surface area (Å²) in [5, 5.41) is 10.3. The predicted octanol–water partition coefficient (Wildman–Crippen LogP) is 2.40. The Morgan fingerprint density at radius 2 is 2.21 bits per heavy atom. The number of hydrogen-bond donors (Lipinski definition) is 0. The normalized spacial score (nSPS) is 10.6. The second-order valence-corrected chi connectivity index (χ2v) is 2.43. The van der Waals surface area contributed by atoms with E-state index in [2.05, 4.69) is 4.98 Å². The van der Waals surface area contributed by atoms with Crippen molar-refractivity contribution in [1.82, 2.24) is 4.98 Å². The van der Waals surface area contributed by atoms with Crippen molar-refractivity contribution in [2.45, 2.75) is 13.1 Å². The molecule has 1 aromatic rings. The fourth-order valence-corrected chi connectivity index (χ4v) is 0.881. The highest BCUT2D eigenvalue weighted by molar-refractivity contribution is 5.39. The van der Waals surface area contributed by atoms with Gasteiger partial charge in [0.2, 0.25) is 0 Å². The van der Waals surface area contributed by atoms with E-state index >= 15 is 0 Å². The lowest BCUT2D eigenvalue weighted by Gasteiger charge is -2.01. The van der Waals surface area contributed by atoms with Gasteiger partial charge in [-0.3, -0.25) is 15.1 Å². The molecule has 0 spiro atoms. The van der Waals surface area contributed by atoms with Crippen molar-refractivity contribution < 1.29 is 18.1 Å². The third kappa shape index (κ3) is 1.98. The van der Waals surface area contributed by atoms with E-state index in [1.54, 1.807) is 0 Å². The van der Waals surface area contributed by atoms with Gasteiger partial charge in [-0.05, 0) is 0 Å². The molecule has 0 aliphatic rings. The van der Waals surface area contributed by atoms with E-state index in [0.29, 0.717) is 6.07 Å². The van der Waals surface area contributed by atoms with Gasteiger partial charge in [0, 0.05) is 12.3 Å². The molecule has 14 heavy (non-hydrogen) atoms. The van der Waals surface area contributed by atoms with E-state index in [1.807, 2.05) is 0 Å². The second kappa shape index (κ2) is 4.03. The van der Waals surface area contributed by atoms with Crippen LogP contribution in [0.3, 0.4) is 0 Å². The van der Waals surface area contributed by atoms with Crippen LogP contribution in [0.25, 0.3) is 0 Å². The highest BCUT2D eigenvalue weighted by Crippen LogP contribution is 2.24. The summed E-state index contributed by atoms with van der Waals surface area (Å²) in [7, 11) is 0. The maximum Gasteiger partial charge on any atom is 0.280 e. The minimum Gasteiger partial charge on any atom is -0.258 e. The van der Waals surface area contributed by atoms with Crippen molar-refractivity contribution in [3.63, 3.8) is 0 Å². The molecule has 0 aromatic carbocycles. The topological polar surface area (TPSA) is 56.0 Å². The Hall–Kier alpha value is -1.66. The maximum absolute atomic E-state index is 12.1. The fraction of sp³-hybridized carbons (Fsp3) is 0.286. The molecule has 1 aromatic heterocycles. The highest BCUT2D eigenvalue weighted by atomic mass is 19.3. The van der Waals surface area contributed by atoms with Crippen LogP contribution in [-0.4, -0.2) is 9.91 Å². The maximum atomic E-state index is 12.1. The number of hydrogen-bond acceptors (Lipinski definition) is 3. The van der Waals surface area contributed by atoms with Crippen molar-refractivity contribution >= 4 is 5.69 Å². The minimum absolute atomic E-state index is 0.306. The molecule has 0 atom stereocenters. The Kier molecular flexibility index (Phi) is 3.00. The van der Waals surface area contributed by atoms with Gasteiger partial charge >= 0.3 is 0 Å². The Morgan fingerprint density at radius 1 is 1.57 bits per heavy atom. The standard InChI is InChI=1S/C7H5F3N2O2/c8-2-4-3-11-5(7(9)10)1-6(4)12(13)14/h1,3,7H,2H2. The number of pyridine rings is 1. The van der Waals surface area contributed by atoms with Gasteiger partial charge in [0.05, 0.1) is 10.5 Å². The third-order valence-corrected chi connectivity index (χ3v) is 1.55. The number of nitrogens with zero attached hydrogens (tertiary/aromatic N) is 2. The molecular weight excluding hydrogens is 201 g/mol. The summed E-state index contributed by atoms with van der Waals surface area (Å²) in [6.07, 6.45) is -2.15. The molecular formula is C7H5F3N2O2. The van der Waals surface area contributed by atoms with Crippen LogP contribution in [-0.2, 0) is 6.67 Å². The molecule has 0 unspecified atom stereocenters. The summed E-state index contributed by atoms with van der Waals surface area (Å²) in [6, 6.07) is 0.583. The number of nitro groups is 1. The van der Waals surface area contributed by atoms with Gasteiger partial charge in [0.15, 0.2) is 0 Å². The van der Waals surface area contributed by atoms with Crippen LogP contribution in [0, 0.1) is 10.1 Å². The minimum atomic E-state index is -2.90. The van der Waals surface area contributed by atoms with Crippen LogP contribution in [0.4, 0.5) is 18.9 Å². The SMILES string of the molecule is O=[N+]([O-])c1cc(C(F)F)ncc1CF. The van der Waals surface area contributed by atoms with Gasteiger partial charge in [0.1, 0.15) is 12.4 Å². The Bertz CT molecular complexity index is 357. The molecule has 0 bridgehead atoms. The van der Waals surface area contributed by atoms with Gasteiger partial charge in [0.25, 0.3) is 12.1 Å². The Labute approximate surface area is 76.5 Å². The summed E-state index contributed by atoms with van der Waals surface area (Å²) < 4.78 is 36.3. The van der Waals surface area contributed by atoms with E-state index in [0.717, 1.165) is 6.20 Å². The molecule has 0 radical (unpaired) electrons. The summed E-state index contributed by atoms with van der Waals surface area (Å²) in [6.45, 7) is -1.10. The second-order valence-electron chi connectivity index (χ2n) is 2.43.